The van der Waals surface area contributed by atoms with Crippen LogP contribution < -0.4 is 16.0 Å². The third-order valence-corrected chi connectivity index (χ3v) is 6.89. The highest BCUT2D eigenvalue weighted by Crippen LogP contribution is 2.27. The molecule has 4 N–H and O–H groups in total. The van der Waals surface area contributed by atoms with Gasteiger partial charge in [0.1, 0.15) is 16.7 Å². The van der Waals surface area contributed by atoms with Gasteiger partial charge in [-0.25, -0.2) is 4.79 Å². The molecule has 0 aliphatic carbocycles. The van der Waals surface area contributed by atoms with E-state index in [0.29, 0.717) is 10.4 Å². The van der Waals surface area contributed by atoms with E-state index in [1.807, 2.05) is 0 Å². The molecule has 0 aliphatic rings. The number of hydrogen-bond donors (Lipinski definition) is 4. The van der Waals surface area contributed by atoms with Crippen molar-refractivity contribution in [3.63, 3.8) is 0 Å². The van der Waals surface area contributed by atoms with E-state index in [1.54, 1.807) is 29.6 Å². The lowest BCUT2D eigenvalue weighted by atomic mass is 10.2. The van der Waals surface area contributed by atoms with E-state index in [0.717, 1.165) is 18.4 Å². The molecule has 3 aromatic rings. The van der Waals surface area contributed by atoms with Crippen LogP contribution >= 0.6 is 34.3 Å². The first-order valence-corrected chi connectivity index (χ1v) is 11.9. The Kier molecular flexibility index (Phi) is 8.63. The molecule has 0 spiro atoms. The SMILES string of the molecule is COC(=O)C(CNC(=O)c1cccs1)NC(=O)c1sc(C(=O)NCc2cccc(O)c2)cc1Cl. The zero-order valence-electron chi connectivity index (χ0n) is 17.8. The van der Waals surface area contributed by atoms with Crippen molar-refractivity contribution >= 4 is 58.0 Å². The number of benzene rings is 1. The molecule has 3 amide bonds. The molecule has 1 unspecified atom stereocenters. The number of phenolic OH excluding ortho intramolecular Hbond substituents is 1. The van der Waals surface area contributed by atoms with Crippen LogP contribution in [-0.4, -0.2) is 48.5 Å². The molecule has 1 aromatic carbocycles. The van der Waals surface area contributed by atoms with Gasteiger partial charge in [-0.2, -0.15) is 0 Å². The van der Waals surface area contributed by atoms with Crippen molar-refractivity contribution in [3.8, 4) is 5.75 Å². The average Bonchev–Trinajstić information content (AvgIpc) is 3.49. The largest absolute Gasteiger partial charge is 0.508 e. The van der Waals surface area contributed by atoms with E-state index in [-0.39, 0.29) is 33.6 Å². The summed E-state index contributed by atoms with van der Waals surface area (Å²) < 4.78 is 4.71. The number of rotatable bonds is 9. The topological polar surface area (TPSA) is 134 Å². The maximum atomic E-state index is 12.8. The van der Waals surface area contributed by atoms with Crippen LogP contribution in [0.25, 0.3) is 0 Å². The summed E-state index contributed by atoms with van der Waals surface area (Å²) in [5.41, 5.74) is 0.694. The average molecular weight is 522 g/mol. The number of carbonyl (C=O) groups excluding carboxylic acids is 4. The Morgan fingerprint density at radius 2 is 1.79 bits per heavy atom. The van der Waals surface area contributed by atoms with Crippen molar-refractivity contribution in [1.82, 2.24) is 16.0 Å². The zero-order valence-corrected chi connectivity index (χ0v) is 20.2. The van der Waals surface area contributed by atoms with E-state index in [4.69, 9.17) is 16.3 Å². The lowest BCUT2D eigenvalue weighted by molar-refractivity contribution is -0.142. The molecular weight excluding hydrogens is 502 g/mol. The van der Waals surface area contributed by atoms with E-state index < -0.39 is 29.7 Å². The second-order valence-electron chi connectivity index (χ2n) is 6.88. The lowest BCUT2D eigenvalue weighted by Crippen LogP contribution is -2.48. The first kappa shape index (κ1) is 25.2. The van der Waals surface area contributed by atoms with Gasteiger partial charge in [-0.05, 0) is 35.2 Å². The molecule has 9 nitrogen and oxygen atoms in total. The predicted molar refractivity (Wildman–Crippen MR) is 129 cm³/mol. The molecule has 0 radical (unpaired) electrons. The third kappa shape index (κ3) is 6.56. The summed E-state index contributed by atoms with van der Waals surface area (Å²) >= 11 is 8.26. The van der Waals surface area contributed by atoms with Crippen molar-refractivity contribution in [2.24, 2.45) is 0 Å². The van der Waals surface area contributed by atoms with Crippen LogP contribution in [0.2, 0.25) is 5.02 Å². The third-order valence-electron chi connectivity index (χ3n) is 4.48. The molecule has 0 bridgehead atoms. The molecule has 1 atom stereocenters. The summed E-state index contributed by atoms with van der Waals surface area (Å²) in [6.07, 6.45) is 0. The minimum atomic E-state index is -1.16. The first-order chi connectivity index (χ1) is 16.3. The number of thiophene rings is 2. The van der Waals surface area contributed by atoms with Crippen LogP contribution in [0.15, 0.2) is 47.8 Å². The van der Waals surface area contributed by atoms with Crippen molar-refractivity contribution in [3.05, 3.63) is 73.1 Å². The zero-order chi connectivity index (χ0) is 24.7. The molecule has 0 saturated carbocycles. The maximum Gasteiger partial charge on any atom is 0.330 e. The Balaban J connectivity index is 1.63. The standard InChI is InChI=1S/C22H20ClN3O6S2/c1-32-22(31)15(11-25-19(28)16-6-3-7-33-16)26-21(30)18-14(23)9-17(34-18)20(29)24-10-12-4-2-5-13(27)8-12/h2-9,15,27H,10-11H2,1H3,(H,24,29)(H,25,28)(H,26,30). The van der Waals surface area contributed by atoms with Crippen LogP contribution in [0.5, 0.6) is 5.75 Å². The van der Waals surface area contributed by atoms with Gasteiger partial charge in [-0.3, -0.25) is 14.4 Å². The number of phenols is 1. The van der Waals surface area contributed by atoms with Gasteiger partial charge in [-0.15, -0.1) is 22.7 Å². The number of nitrogens with one attached hydrogen (secondary N) is 3. The minimum Gasteiger partial charge on any atom is -0.508 e. The van der Waals surface area contributed by atoms with Crippen LogP contribution in [0, 0.1) is 0 Å². The predicted octanol–water partition coefficient (Wildman–Crippen LogP) is 2.80. The van der Waals surface area contributed by atoms with Crippen molar-refractivity contribution in [1.29, 1.82) is 0 Å². The summed E-state index contributed by atoms with van der Waals surface area (Å²) in [5.74, 6) is -2.21. The highest BCUT2D eigenvalue weighted by molar-refractivity contribution is 7.16. The lowest BCUT2D eigenvalue weighted by Gasteiger charge is -2.16. The Hall–Kier alpha value is -3.41. The van der Waals surface area contributed by atoms with Gasteiger partial charge in [0.2, 0.25) is 0 Å². The monoisotopic (exact) mass is 521 g/mol. The summed E-state index contributed by atoms with van der Waals surface area (Å²) in [7, 11) is 1.16. The van der Waals surface area contributed by atoms with Crippen LogP contribution in [0.1, 0.15) is 34.6 Å². The van der Waals surface area contributed by atoms with E-state index in [2.05, 4.69) is 16.0 Å². The van der Waals surface area contributed by atoms with Gasteiger partial charge in [-0.1, -0.05) is 29.8 Å². The van der Waals surface area contributed by atoms with Crippen LogP contribution in [-0.2, 0) is 16.1 Å². The van der Waals surface area contributed by atoms with E-state index >= 15 is 0 Å². The molecule has 34 heavy (non-hydrogen) atoms. The molecule has 0 saturated heterocycles. The number of esters is 1. The number of ether oxygens (including phenoxy) is 1. The summed E-state index contributed by atoms with van der Waals surface area (Å²) in [4.78, 5) is 50.2. The number of hydrogen-bond acceptors (Lipinski definition) is 8. The number of carbonyl (C=O) groups is 4. The fraction of sp³-hybridized carbons (Fsp3) is 0.182. The van der Waals surface area contributed by atoms with Crippen molar-refractivity contribution in [2.45, 2.75) is 12.6 Å². The highest BCUT2D eigenvalue weighted by Gasteiger charge is 2.26. The van der Waals surface area contributed by atoms with Crippen LogP contribution in [0.3, 0.4) is 0 Å². The highest BCUT2D eigenvalue weighted by atomic mass is 35.5. The minimum absolute atomic E-state index is 0.0302. The smallest absolute Gasteiger partial charge is 0.330 e. The normalized spacial score (nSPS) is 11.4. The second-order valence-corrected chi connectivity index (χ2v) is 9.28. The summed E-state index contributed by atoms with van der Waals surface area (Å²) in [6, 6.07) is 9.97. The molecule has 2 aromatic heterocycles. The molecule has 178 valence electrons. The Bertz CT molecular complexity index is 1200. The fourth-order valence-electron chi connectivity index (χ4n) is 2.82. The van der Waals surface area contributed by atoms with Gasteiger partial charge >= 0.3 is 5.97 Å². The molecule has 2 heterocycles. The Morgan fingerprint density at radius 1 is 1.03 bits per heavy atom. The van der Waals surface area contributed by atoms with Gasteiger partial charge in [0, 0.05) is 13.1 Å². The van der Waals surface area contributed by atoms with Gasteiger partial charge in [0.25, 0.3) is 17.7 Å². The van der Waals surface area contributed by atoms with Gasteiger partial charge in [0.15, 0.2) is 0 Å². The summed E-state index contributed by atoms with van der Waals surface area (Å²) in [5, 5.41) is 19.0. The molecule has 0 fully saturated rings. The number of amides is 3. The number of aromatic hydroxyl groups is 1. The van der Waals surface area contributed by atoms with Crippen molar-refractivity contribution < 1.29 is 29.0 Å². The quantitative estimate of drug-likeness (QED) is 0.320. The number of methoxy groups -OCH3 is 1. The molecule has 12 heteroatoms. The van der Waals surface area contributed by atoms with Crippen molar-refractivity contribution in [2.75, 3.05) is 13.7 Å². The van der Waals surface area contributed by atoms with E-state index in [1.165, 1.54) is 29.5 Å². The van der Waals surface area contributed by atoms with Gasteiger partial charge < -0.3 is 25.8 Å². The summed E-state index contributed by atoms with van der Waals surface area (Å²) in [6.45, 7) is -0.0337. The number of halogens is 1. The second kappa shape index (κ2) is 11.6. The van der Waals surface area contributed by atoms with Crippen LogP contribution in [0.4, 0.5) is 0 Å². The maximum absolute atomic E-state index is 12.8. The Morgan fingerprint density at radius 3 is 2.47 bits per heavy atom. The fourth-order valence-corrected chi connectivity index (χ4v) is 4.71. The molecular formula is C22H20ClN3O6S2. The first-order valence-electron chi connectivity index (χ1n) is 9.84. The van der Waals surface area contributed by atoms with E-state index in [9.17, 15) is 24.3 Å². The molecule has 0 aliphatic heterocycles. The van der Waals surface area contributed by atoms with Gasteiger partial charge in [0.05, 0.1) is 21.9 Å². The molecule has 3 rings (SSSR count). The Labute approximate surface area is 207 Å².